The molecule has 202 valence electrons. The molecule has 12 atom stereocenters. The predicted molar refractivity (Wildman–Crippen MR) is 138 cm³/mol. The van der Waals surface area contributed by atoms with Crippen LogP contribution in [0.3, 0.4) is 0 Å². The molecule has 0 spiro atoms. The molecule has 4 aliphatic carbocycles. The van der Waals surface area contributed by atoms with Crippen molar-refractivity contribution < 1.29 is 25.5 Å². The molecule has 0 radical (unpaired) electrons. The van der Waals surface area contributed by atoms with Gasteiger partial charge in [0.25, 0.3) is 0 Å². The van der Waals surface area contributed by atoms with Crippen LogP contribution in [0.5, 0.6) is 0 Å². The summed E-state index contributed by atoms with van der Waals surface area (Å²) < 4.78 is 0. The Balaban J connectivity index is 1.68. The molecule has 5 nitrogen and oxygen atoms in total. The Bertz CT molecular complexity index is 837. The first-order chi connectivity index (χ1) is 15.9. The Kier molecular flexibility index (Phi) is 6.72. The summed E-state index contributed by atoms with van der Waals surface area (Å²) in [7, 11) is 0. The van der Waals surface area contributed by atoms with Crippen LogP contribution in [-0.4, -0.2) is 55.5 Å². The van der Waals surface area contributed by atoms with E-state index in [0.29, 0.717) is 31.3 Å². The summed E-state index contributed by atoms with van der Waals surface area (Å²) in [5, 5.41) is 56.3. The number of rotatable bonds is 5. The van der Waals surface area contributed by atoms with Crippen molar-refractivity contribution >= 4 is 0 Å². The molecule has 0 aliphatic heterocycles. The van der Waals surface area contributed by atoms with Crippen LogP contribution in [0.1, 0.15) is 99.8 Å². The van der Waals surface area contributed by atoms with Crippen molar-refractivity contribution in [3.63, 3.8) is 0 Å². The highest BCUT2D eigenvalue weighted by Crippen LogP contribution is 2.75. The number of fused-ring (bicyclic) bond motifs is 5. The zero-order valence-corrected chi connectivity index (χ0v) is 23.2. The monoisotopic (exact) mass is 492 g/mol. The lowest BCUT2D eigenvalue weighted by atomic mass is 9.34. The first kappa shape index (κ1) is 27.6. The zero-order valence-electron chi connectivity index (χ0n) is 23.2. The van der Waals surface area contributed by atoms with E-state index in [0.717, 1.165) is 25.7 Å². The van der Waals surface area contributed by atoms with E-state index in [1.165, 1.54) is 0 Å². The molecule has 0 amide bonds. The molecule has 0 aromatic carbocycles. The maximum atomic E-state index is 11.8. The second kappa shape index (κ2) is 8.53. The minimum atomic E-state index is -0.986. The molecule has 4 aliphatic rings. The van der Waals surface area contributed by atoms with Gasteiger partial charge in [-0.25, -0.2) is 0 Å². The average molecular weight is 493 g/mol. The summed E-state index contributed by atoms with van der Waals surface area (Å²) in [6.45, 7) is 18.7. The number of hydrogen-bond donors (Lipinski definition) is 5. The molecule has 0 aromatic heterocycles. The third-order valence-corrected chi connectivity index (χ3v) is 12.5. The fourth-order valence-corrected chi connectivity index (χ4v) is 10.5. The van der Waals surface area contributed by atoms with E-state index in [4.69, 9.17) is 0 Å². The van der Waals surface area contributed by atoms with Crippen molar-refractivity contribution in [1.82, 2.24) is 0 Å². The maximum Gasteiger partial charge on any atom is 0.0745 e. The van der Waals surface area contributed by atoms with Crippen molar-refractivity contribution in [1.29, 1.82) is 0 Å². The smallest absolute Gasteiger partial charge is 0.0745 e. The van der Waals surface area contributed by atoms with Gasteiger partial charge < -0.3 is 25.5 Å². The topological polar surface area (TPSA) is 101 Å². The Morgan fingerprint density at radius 2 is 1.63 bits per heavy atom. The minimum absolute atomic E-state index is 0.00638. The standard InChI is InChI=1S/C30H52O5/c1-17(2)19(31)10-14-30(8,35)18-9-13-28(6)24(18)20(32)15-22-27(5)12-11-23(34)26(3,4)25(27)21(33)16-29(22,28)7/h18-25,31-35H,1,9-16H2,2-8H3/t18-,19+,20-,21+,22-,23+,24-,25+,27-,28-,29-,30+/m1/s1. The number of aliphatic hydroxyl groups is 5. The highest BCUT2D eigenvalue weighted by Gasteiger charge is 2.72. The van der Waals surface area contributed by atoms with E-state index in [2.05, 4.69) is 41.2 Å². The van der Waals surface area contributed by atoms with Crippen molar-refractivity contribution in [3.8, 4) is 0 Å². The van der Waals surface area contributed by atoms with E-state index < -0.39 is 30.0 Å². The summed E-state index contributed by atoms with van der Waals surface area (Å²) in [6, 6.07) is 0. The van der Waals surface area contributed by atoms with Gasteiger partial charge in [-0.15, -0.1) is 0 Å². The normalized spacial score (nSPS) is 51.5. The van der Waals surface area contributed by atoms with Crippen LogP contribution in [0, 0.1) is 45.3 Å². The molecule has 4 saturated carbocycles. The molecule has 4 fully saturated rings. The van der Waals surface area contributed by atoms with E-state index >= 15 is 0 Å². The first-order valence-corrected chi connectivity index (χ1v) is 14.0. The minimum Gasteiger partial charge on any atom is -0.393 e. The Morgan fingerprint density at radius 3 is 2.23 bits per heavy atom. The van der Waals surface area contributed by atoms with Crippen LogP contribution in [-0.2, 0) is 0 Å². The SMILES string of the molecule is C=C(C)[C@@H](O)CC[C@](C)(O)[C@@H]1CC[C@]2(C)[C@H]1[C@H](O)C[C@@H]1[C@@]3(C)CC[C@H](O)C(C)(C)[C@@H]3[C@@H](O)C[C@]12C. The molecule has 0 unspecified atom stereocenters. The Morgan fingerprint density at radius 1 is 1.00 bits per heavy atom. The molecule has 4 rings (SSSR count). The fraction of sp³-hybridized carbons (Fsp3) is 0.933. The summed E-state index contributed by atoms with van der Waals surface area (Å²) in [6.07, 6.45) is 3.62. The zero-order chi connectivity index (χ0) is 26.4. The lowest BCUT2D eigenvalue weighted by molar-refractivity contribution is -0.274. The van der Waals surface area contributed by atoms with Crippen LogP contribution in [0.25, 0.3) is 0 Å². The van der Waals surface area contributed by atoms with Crippen LogP contribution >= 0.6 is 0 Å². The molecule has 0 heterocycles. The molecule has 0 saturated heterocycles. The van der Waals surface area contributed by atoms with E-state index in [9.17, 15) is 25.5 Å². The van der Waals surface area contributed by atoms with Gasteiger partial charge in [0, 0.05) is 0 Å². The van der Waals surface area contributed by atoms with Crippen molar-refractivity contribution in [2.45, 2.75) is 130 Å². The second-order valence-electron chi connectivity index (χ2n) is 14.8. The average Bonchev–Trinajstić information content (AvgIpc) is 3.12. The molecule has 5 N–H and O–H groups in total. The van der Waals surface area contributed by atoms with Gasteiger partial charge in [-0.05, 0) is 111 Å². The fourth-order valence-electron chi connectivity index (χ4n) is 10.5. The lowest BCUT2D eigenvalue weighted by Gasteiger charge is -2.71. The molecule has 5 heteroatoms. The van der Waals surface area contributed by atoms with Gasteiger partial charge in [0.05, 0.1) is 30.0 Å². The van der Waals surface area contributed by atoms with Crippen LogP contribution in [0.4, 0.5) is 0 Å². The largest absolute Gasteiger partial charge is 0.393 e. The van der Waals surface area contributed by atoms with E-state index in [1.54, 1.807) is 0 Å². The van der Waals surface area contributed by atoms with Gasteiger partial charge in [-0.2, -0.15) is 0 Å². The van der Waals surface area contributed by atoms with Gasteiger partial charge in [-0.3, -0.25) is 0 Å². The first-order valence-electron chi connectivity index (χ1n) is 14.0. The molecular formula is C30H52O5. The summed E-state index contributed by atoms with van der Waals surface area (Å²) in [4.78, 5) is 0. The van der Waals surface area contributed by atoms with Gasteiger partial charge in [-0.1, -0.05) is 46.8 Å². The van der Waals surface area contributed by atoms with Gasteiger partial charge in [0.1, 0.15) is 0 Å². The van der Waals surface area contributed by atoms with E-state index in [-0.39, 0.29) is 45.3 Å². The van der Waals surface area contributed by atoms with Crippen molar-refractivity contribution in [3.05, 3.63) is 12.2 Å². The van der Waals surface area contributed by atoms with Crippen LogP contribution < -0.4 is 0 Å². The Labute approximate surface area is 213 Å². The van der Waals surface area contributed by atoms with Crippen molar-refractivity contribution in [2.75, 3.05) is 0 Å². The Hall–Kier alpha value is -0.460. The number of hydrogen-bond acceptors (Lipinski definition) is 5. The lowest BCUT2D eigenvalue weighted by Crippen LogP contribution is -2.69. The molecule has 0 aromatic rings. The maximum absolute atomic E-state index is 11.8. The second-order valence-corrected chi connectivity index (χ2v) is 14.8. The summed E-state index contributed by atoms with van der Waals surface area (Å²) in [5.41, 5.74) is -1.17. The third kappa shape index (κ3) is 3.81. The predicted octanol–water partition coefficient (Wildman–Crippen LogP) is 4.44. The van der Waals surface area contributed by atoms with Gasteiger partial charge >= 0.3 is 0 Å². The summed E-state index contributed by atoms with van der Waals surface area (Å²) in [5.74, 6) is 0.147. The highest BCUT2D eigenvalue weighted by molar-refractivity contribution is 5.21. The van der Waals surface area contributed by atoms with Crippen LogP contribution in [0.15, 0.2) is 12.2 Å². The van der Waals surface area contributed by atoms with Gasteiger partial charge in [0.15, 0.2) is 0 Å². The molecule has 35 heavy (non-hydrogen) atoms. The third-order valence-electron chi connectivity index (χ3n) is 12.5. The summed E-state index contributed by atoms with van der Waals surface area (Å²) >= 11 is 0. The number of aliphatic hydroxyl groups excluding tert-OH is 4. The van der Waals surface area contributed by atoms with Gasteiger partial charge in [0.2, 0.25) is 0 Å². The molecular weight excluding hydrogens is 440 g/mol. The van der Waals surface area contributed by atoms with E-state index in [1.807, 2.05) is 13.8 Å². The van der Waals surface area contributed by atoms with Crippen molar-refractivity contribution in [2.24, 2.45) is 45.3 Å². The highest BCUT2D eigenvalue weighted by atomic mass is 16.3. The quantitative estimate of drug-likeness (QED) is 0.365. The molecule has 0 bridgehead atoms. The van der Waals surface area contributed by atoms with Crippen LogP contribution in [0.2, 0.25) is 0 Å².